The second-order valence-electron chi connectivity index (χ2n) is 2.66. The van der Waals surface area contributed by atoms with Crippen molar-refractivity contribution in [1.29, 1.82) is 0 Å². The van der Waals surface area contributed by atoms with Crippen LogP contribution in [-0.2, 0) is 4.79 Å². The fraction of sp³-hybridized carbons (Fsp3) is 0.625. The van der Waals surface area contributed by atoms with Gasteiger partial charge in [-0.2, -0.15) is 0 Å². The minimum atomic E-state index is -1.23. The fourth-order valence-electron chi connectivity index (χ4n) is 0.300. The van der Waals surface area contributed by atoms with Crippen molar-refractivity contribution < 1.29 is 30.3 Å². The van der Waals surface area contributed by atoms with Gasteiger partial charge in [-0.1, -0.05) is 6.58 Å². The van der Waals surface area contributed by atoms with Gasteiger partial charge < -0.3 is 30.3 Å². The predicted molar refractivity (Wildman–Crippen MR) is 46.0 cm³/mol. The molecule has 14 heavy (non-hydrogen) atoms. The molecule has 0 aliphatic rings. The lowest BCUT2D eigenvalue weighted by atomic mass is 9.93. The van der Waals surface area contributed by atoms with Gasteiger partial charge in [-0.15, -0.1) is 0 Å². The maximum Gasteiger partial charge on any atom is 0.0636 e. The molecule has 0 aliphatic carbocycles. The number of aliphatic hydroxyl groups is 4. The molecule has 0 aromatic heterocycles. The molecular formula is C8H15O6-. The van der Waals surface area contributed by atoms with Crippen molar-refractivity contribution in [3.05, 3.63) is 12.7 Å². The lowest BCUT2D eigenvalue weighted by molar-refractivity contribution is -0.297. The summed E-state index contributed by atoms with van der Waals surface area (Å²) in [6, 6.07) is 0. The van der Waals surface area contributed by atoms with Gasteiger partial charge in [-0.25, -0.2) is 0 Å². The van der Waals surface area contributed by atoms with Crippen LogP contribution in [0.4, 0.5) is 0 Å². The highest BCUT2D eigenvalue weighted by molar-refractivity contribution is 5.76. The van der Waals surface area contributed by atoms with Gasteiger partial charge in [-0.05, 0) is 6.08 Å². The van der Waals surface area contributed by atoms with Crippen LogP contribution in [0.25, 0.3) is 0 Å². The number of aliphatic hydroxyl groups excluding tert-OH is 4. The molecule has 6 heteroatoms. The van der Waals surface area contributed by atoms with E-state index in [1.165, 1.54) is 0 Å². The summed E-state index contributed by atoms with van der Waals surface area (Å²) in [4.78, 5) is 9.14. The van der Waals surface area contributed by atoms with Crippen LogP contribution < -0.4 is 5.11 Å². The molecule has 0 aromatic rings. The van der Waals surface area contributed by atoms with E-state index in [0.717, 1.165) is 6.08 Å². The van der Waals surface area contributed by atoms with E-state index in [4.69, 9.17) is 30.3 Å². The Balaban J connectivity index is 0. The van der Waals surface area contributed by atoms with Gasteiger partial charge in [0.25, 0.3) is 0 Å². The van der Waals surface area contributed by atoms with Gasteiger partial charge in [0, 0.05) is 0 Å². The number of aliphatic carboxylic acids is 1. The molecule has 0 radical (unpaired) electrons. The molecule has 4 N–H and O–H groups in total. The number of carboxylic acid groups (broad SMARTS) is 1. The lowest BCUT2D eigenvalue weighted by Crippen LogP contribution is -2.37. The largest absolute Gasteiger partial charge is 0.545 e. The molecule has 0 amide bonds. The second-order valence-corrected chi connectivity index (χ2v) is 2.66. The first-order valence-electron chi connectivity index (χ1n) is 3.78. The summed E-state index contributed by atoms with van der Waals surface area (Å²) in [6.07, 6.45) is 0.722. The minimum Gasteiger partial charge on any atom is -0.545 e. The van der Waals surface area contributed by atoms with E-state index >= 15 is 0 Å². The van der Waals surface area contributed by atoms with E-state index in [0.29, 0.717) is 0 Å². The molecule has 0 saturated carbocycles. The molecule has 0 saturated heterocycles. The maximum absolute atomic E-state index is 9.14. The normalized spacial score (nSPS) is 10.0. The molecule has 84 valence electrons. The van der Waals surface area contributed by atoms with E-state index < -0.39 is 37.8 Å². The van der Waals surface area contributed by atoms with Crippen LogP contribution in [0.1, 0.15) is 0 Å². The standard InChI is InChI=1S/C5H12O4.C3H4O2/c6-1-5(2-7,3-8)4-9;1-2-3(4)5/h6-9H,1-4H2;2H,1H2,(H,4,5)/p-1. The van der Waals surface area contributed by atoms with Crippen molar-refractivity contribution in [1.82, 2.24) is 0 Å². The summed E-state index contributed by atoms with van der Waals surface area (Å²) < 4.78 is 0. The zero-order valence-corrected chi connectivity index (χ0v) is 7.72. The van der Waals surface area contributed by atoms with E-state index in [2.05, 4.69) is 6.58 Å². The van der Waals surface area contributed by atoms with Crippen LogP contribution in [0.3, 0.4) is 0 Å². The summed E-state index contributed by atoms with van der Waals surface area (Å²) in [5, 5.41) is 43.1. The average Bonchev–Trinajstić information content (AvgIpc) is 2.23. The van der Waals surface area contributed by atoms with Gasteiger partial charge in [-0.3, -0.25) is 0 Å². The summed E-state index contributed by atoms with van der Waals surface area (Å²) in [6.45, 7) is 1.27. The Hall–Kier alpha value is -0.950. The zero-order valence-electron chi connectivity index (χ0n) is 7.72. The van der Waals surface area contributed by atoms with Crippen LogP contribution >= 0.6 is 0 Å². The van der Waals surface area contributed by atoms with Gasteiger partial charge in [0.1, 0.15) is 0 Å². The monoisotopic (exact) mass is 207 g/mol. The van der Waals surface area contributed by atoms with Crippen molar-refractivity contribution in [3.8, 4) is 0 Å². The summed E-state index contributed by atoms with van der Waals surface area (Å²) in [5.74, 6) is -1.23. The molecule has 6 nitrogen and oxygen atoms in total. The number of hydrogen-bond acceptors (Lipinski definition) is 6. The number of hydrogen-bond donors (Lipinski definition) is 4. The molecule has 0 aliphatic heterocycles. The predicted octanol–water partition coefficient (Wildman–Crippen LogP) is -3.14. The van der Waals surface area contributed by atoms with Crippen LogP contribution in [0.2, 0.25) is 0 Å². The van der Waals surface area contributed by atoms with E-state index in [9.17, 15) is 0 Å². The van der Waals surface area contributed by atoms with Crippen molar-refractivity contribution in [3.63, 3.8) is 0 Å². The van der Waals surface area contributed by atoms with Gasteiger partial charge >= 0.3 is 0 Å². The Kier molecular flexibility index (Phi) is 9.58. The Labute approximate surface area is 81.7 Å². The molecule has 0 spiro atoms. The van der Waals surface area contributed by atoms with E-state index in [1.807, 2.05) is 0 Å². The third kappa shape index (κ3) is 6.55. The number of rotatable bonds is 5. The first-order chi connectivity index (χ1) is 6.51. The second kappa shape index (κ2) is 8.64. The molecule has 0 unspecified atom stereocenters. The quantitative estimate of drug-likeness (QED) is 0.353. The molecule has 0 atom stereocenters. The van der Waals surface area contributed by atoms with E-state index in [-0.39, 0.29) is 0 Å². The molecule has 0 fully saturated rings. The maximum atomic E-state index is 9.14. The van der Waals surface area contributed by atoms with Crippen LogP contribution in [-0.4, -0.2) is 52.8 Å². The topological polar surface area (TPSA) is 121 Å². The van der Waals surface area contributed by atoms with Gasteiger partial charge in [0.2, 0.25) is 0 Å². The van der Waals surface area contributed by atoms with Crippen molar-refractivity contribution >= 4 is 5.97 Å². The van der Waals surface area contributed by atoms with Gasteiger partial charge in [0.05, 0.1) is 37.8 Å². The SMILES string of the molecule is C=CC(=O)[O-].OCC(CO)(CO)CO. The smallest absolute Gasteiger partial charge is 0.0636 e. The third-order valence-electron chi connectivity index (χ3n) is 1.51. The first-order valence-corrected chi connectivity index (χ1v) is 3.78. The highest BCUT2D eigenvalue weighted by atomic mass is 16.4. The molecule has 0 rings (SSSR count). The van der Waals surface area contributed by atoms with Crippen molar-refractivity contribution in [2.24, 2.45) is 5.41 Å². The van der Waals surface area contributed by atoms with Crippen LogP contribution in [0, 0.1) is 5.41 Å². The van der Waals surface area contributed by atoms with Gasteiger partial charge in [0.15, 0.2) is 0 Å². The zero-order chi connectivity index (χ0) is 11.6. The highest BCUT2D eigenvalue weighted by Crippen LogP contribution is 2.11. The van der Waals surface area contributed by atoms with Crippen molar-refractivity contribution in [2.75, 3.05) is 26.4 Å². The average molecular weight is 207 g/mol. The number of carbonyl (C=O) groups excluding carboxylic acids is 1. The first kappa shape index (κ1) is 15.5. The highest BCUT2D eigenvalue weighted by Gasteiger charge is 2.26. The van der Waals surface area contributed by atoms with Crippen LogP contribution in [0.15, 0.2) is 12.7 Å². The Morgan fingerprint density at radius 3 is 1.36 bits per heavy atom. The van der Waals surface area contributed by atoms with E-state index in [1.54, 1.807) is 0 Å². The number of carbonyl (C=O) groups is 1. The Morgan fingerprint density at radius 2 is 1.36 bits per heavy atom. The Bertz CT molecular complexity index is 146. The molecule has 0 bridgehead atoms. The minimum absolute atomic E-state index is 0.406. The molecular weight excluding hydrogens is 192 g/mol. The third-order valence-corrected chi connectivity index (χ3v) is 1.51. The van der Waals surface area contributed by atoms with Crippen LogP contribution in [0.5, 0.6) is 0 Å². The summed E-state index contributed by atoms with van der Waals surface area (Å²) >= 11 is 0. The Morgan fingerprint density at radius 1 is 1.14 bits per heavy atom. The summed E-state index contributed by atoms with van der Waals surface area (Å²) in [7, 11) is 0. The fourth-order valence-corrected chi connectivity index (χ4v) is 0.300. The summed E-state index contributed by atoms with van der Waals surface area (Å²) in [5.41, 5.74) is -1.11. The lowest BCUT2D eigenvalue weighted by Gasteiger charge is -2.23. The molecule has 0 aromatic carbocycles. The molecule has 0 heterocycles. The number of carboxylic acids is 1. The van der Waals surface area contributed by atoms with Crippen molar-refractivity contribution in [2.45, 2.75) is 0 Å².